The lowest BCUT2D eigenvalue weighted by molar-refractivity contribution is -0.145. The minimum Gasteiger partial charge on any atom is -0.480 e. The standard InChI is InChI=1S/C39H59N2O8P/c1-11-47-50(46)26-18-24-40(28-29-19-17-22-31(27-29)30-20-13-12-14-21-30)32(36(2,3)4)39(50,33(42)43)23-15-16-25-41(34(44)48-37(5,6)7)35(45)49-38(8,9)10/h12-14,17,19-22,27,32H,11,15-16,18,23-26,28H2,1-10H3,(H,42,43). The molecule has 11 heteroatoms. The summed E-state index contributed by atoms with van der Waals surface area (Å²) in [6, 6.07) is 17.7. The van der Waals surface area contributed by atoms with Crippen molar-refractivity contribution in [3.63, 3.8) is 0 Å². The second kappa shape index (κ2) is 16.4. The number of carbonyl (C=O) groups excluding carboxylic acids is 2. The summed E-state index contributed by atoms with van der Waals surface area (Å²) in [5, 5.41) is 9.54. The van der Waals surface area contributed by atoms with Gasteiger partial charge in [-0.15, -0.1) is 0 Å². The van der Waals surface area contributed by atoms with Gasteiger partial charge in [0.25, 0.3) is 0 Å². The molecule has 0 aromatic heterocycles. The molecule has 10 nitrogen and oxygen atoms in total. The van der Waals surface area contributed by atoms with Crippen LogP contribution in [-0.2, 0) is 29.9 Å². The van der Waals surface area contributed by atoms with E-state index in [4.69, 9.17) is 14.0 Å². The Morgan fingerprint density at radius 3 is 1.98 bits per heavy atom. The van der Waals surface area contributed by atoms with Gasteiger partial charge in [0.15, 0.2) is 5.16 Å². The van der Waals surface area contributed by atoms with E-state index in [2.05, 4.69) is 29.2 Å². The van der Waals surface area contributed by atoms with Crippen LogP contribution in [0.1, 0.15) is 100 Å². The molecule has 50 heavy (non-hydrogen) atoms. The van der Waals surface area contributed by atoms with Crippen LogP contribution in [0.25, 0.3) is 11.1 Å². The van der Waals surface area contributed by atoms with Gasteiger partial charge in [-0.2, -0.15) is 0 Å². The van der Waals surface area contributed by atoms with Crippen LogP contribution in [0.5, 0.6) is 0 Å². The number of imide groups is 1. The van der Waals surface area contributed by atoms with E-state index in [-0.39, 0.29) is 38.6 Å². The Morgan fingerprint density at radius 2 is 1.46 bits per heavy atom. The maximum absolute atomic E-state index is 15.1. The van der Waals surface area contributed by atoms with Crippen LogP contribution in [-0.4, -0.2) is 81.3 Å². The molecule has 1 fully saturated rings. The summed E-state index contributed by atoms with van der Waals surface area (Å²) in [6.45, 7) is 19.1. The summed E-state index contributed by atoms with van der Waals surface area (Å²) in [5.74, 6) is -1.16. The van der Waals surface area contributed by atoms with Gasteiger partial charge in [0.05, 0.1) is 6.61 Å². The Kier molecular flexibility index (Phi) is 13.5. The van der Waals surface area contributed by atoms with E-state index in [0.717, 1.165) is 21.6 Å². The molecule has 0 bridgehead atoms. The molecule has 2 aromatic carbocycles. The summed E-state index contributed by atoms with van der Waals surface area (Å²) in [4.78, 5) is 43.2. The molecular formula is C39H59N2O8P. The van der Waals surface area contributed by atoms with Crippen molar-refractivity contribution in [3.05, 3.63) is 60.2 Å². The van der Waals surface area contributed by atoms with Crippen molar-refractivity contribution >= 4 is 25.5 Å². The average Bonchev–Trinajstić information content (AvgIpc) is 3.10. The maximum atomic E-state index is 15.1. The van der Waals surface area contributed by atoms with Crippen molar-refractivity contribution in [2.75, 3.05) is 25.9 Å². The number of rotatable bonds is 11. The Bertz CT molecular complexity index is 1480. The highest BCUT2D eigenvalue weighted by atomic mass is 31.2. The summed E-state index contributed by atoms with van der Waals surface area (Å²) in [6.07, 6.45) is -0.495. The van der Waals surface area contributed by atoms with E-state index < -0.39 is 53.3 Å². The topological polar surface area (TPSA) is 123 Å². The van der Waals surface area contributed by atoms with Gasteiger partial charge < -0.3 is 19.1 Å². The molecule has 0 radical (unpaired) electrons. The summed E-state index contributed by atoms with van der Waals surface area (Å²) >= 11 is 0. The predicted molar refractivity (Wildman–Crippen MR) is 198 cm³/mol. The SMILES string of the molecule is CCOP1(=O)CCCN(Cc2cccc(-c3ccccc3)c2)C(C(C)(C)C)C1(CCCCN(C(=O)OC(C)(C)C)C(=O)OC(C)(C)C)C(=O)O. The molecule has 0 aliphatic carbocycles. The maximum Gasteiger partial charge on any atom is 0.419 e. The highest BCUT2D eigenvalue weighted by molar-refractivity contribution is 7.61. The first-order valence-electron chi connectivity index (χ1n) is 17.7. The van der Waals surface area contributed by atoms with Crippen LogP contribution in [0.15, 0.2) is 54.6 Å². The lowest BCUT2D eigenvalue weighted by Crippen LogP contribution is -2.61. The smallest absolute Gasteiger partial charge is 0.419 e. The third-order valence-corrected chi connectivity index (χ3v) is 12.1. The van der Waals surface area contributed by atoms with Gasteiger partial charge in [0.1, 0.15) is 11.2 Å². The molecule has 1 aliphatic heterocycles. The van der Waals surface area contributed by atoms with E-state index in [1.165, 1.54) is 0 Å². The molecule has 3 unspecified atom stereocenters. The number of unbranched alkanes of at least 4 members (excludes halogenated alkanes) is 1. The normalized spacial score (nSPS) is 22.0. The van der Waals surface area contributed by atoms with Gasteiger partial charge in [-0.25, -0.2) is 14.5 Å². The number of hydrogen-bond acceptors (Lipinski definition) is 8. The number of carbonyl (C=O) groups is 3. The number of hydrogen-bond donors (Lipinski definition) is 1. The van der Waals surface area contributed by atoms with Gasteiger partial charge in [-0.05, 0) is 109 Å². The Labute approximate surface area is 299 Å². The molecule has 2 aromatic rings. The average molecular weight is 715 g/mol. The van der Waals surface area contributed by atoms with Gasteiger partial charge in [0.2, 0.25) is 7.37 Å². The van der Waals surface area contributed by atoms with Gasteiger partial charge in [-0.3, -0.25) is 14.3 Å². The van der Waals surface area contributed by atoms with E-state index in [9.17, 15) is 19.5 Å². The van der Waals surface area contributed by atoms with Gasteiger partial charge >= 0.3 is 18.2 Å². The zero-order chi connectivity index (χ0) is 37.5. The number of ether oxygens (including phenoxy) is 2. The molecule has 1 saturated heterocycles. The second-order valence-electron chi connectivity index (χ2n) is 16.3. The first-order chi connectivity index (χ1) is 23.1. The van der Waals surface area contributed by atoms with Crippen LogP contribution in [0.3, 0.4) is 0 Å². The van der Waals surface area contributed by atoms with Crippen molar-refractivity contribution in [1.82, 2.24) is 9.80 Å². The Balaban J connectivity index is 2.01. The largest absolute Gasteiger partial charge is 0.480 e. The molecule has 1 heterocycles. The number of aliphatic carboxylic acids is 1. The number of nitrogens with zero attached hydrogens (tertiary/aromatic N) is 2. The molecule has 2 amide bonds. The molecule has 3 atom stereocenters. The fraction of sp³-hybridized carbons (Fsp3) is 0.615. The van der Waals surface area contributed by atoms with E-state index >= 15 is 4.57 Å². The molecular weight excluding hydrogens is 655 g/mol. The molecule has 0 saturated carbocycles. The molecule has 1 aliphatic rings. The fourth-order valence-corrected chi connectivity index (χ4v) is 10.5. The van der Waals surface area contributed by atoms with Crippen molar-refractivity contribution < 1.29 is 38.1 Å². The monoisotopic (exact) mass is 714 g/mol. The summed E-state index contributed by atoms with van der Waals surface area (Å²) in [5.41, 5.74) is 0.863. The number of carboxylic acids is 1. The van der Waals surface area contributed by atoms with Crippen molar-refractivity contribution in [2.45, 2.75) is 124 Å². The van der Waals surface area contributed by atoms with E-state index in [0.29, 0.717) is 19.5 Å². The van der Waals surface area contributed by atoms with E-state index in [1.54, 1.807) is 48.5 Å². The highest BCUT2D eigenvalue weighted by Gasteiger charge is 2.64. The molecule has 1 N–H and O–H groups in total. The number of carboxylic acid groups (broad SMARTS) is 1. The zero-order valence-corrected chi connectivity index (χ0v) is 32.7. The van der Waals surface area contributed by atoms with E-state index in [1.807, 2.05) is 51.1 Å². The lowest BCUT2D eigenvalue weighted by atomic mass is 9.75. The molecule has 278 valence electrons. The third kappa shape index (κ3) is 10.4. The van der Waals surface area contributed by atoms with Crippen molar-refractivity contribution in [2.24, 2.45) is 5.41 Å². The second-order valence-corrected chi connectivity index (χ2v) is 19.1. The first-order valence-corrected chi connectivity index (χ1v) is 19.5. The van der Waals surface area contributed by atoms with Gasteiger partial charge in [-0.1, -0.05) is 69.3 Å². The summed E-state index contributed by atoms with van der Waals surface area (Å²) < 4.78 is 32.2. The van der Waals surface area contributed by atoms with Gasteiger partial charge in [0, 0.05) is 25.3 Å². The van der Waals surface area contributed by atoms with Crippen molar-refractivity contribution in [3.8, 4) is 11.1 Å². The number of benzene rings is 2. The van der Waals surface area contributed by atoms with Crippen LogP contribution < -0.4 is 0 Å². The Hall–Kier alpha value is -3.20. The minimum absolute atomic E-state index is 0.0264. The summed E-state index contributed by atoms with van der Waals surface area (Å²) in [7, 11) is -3.80. The number of amides is 2. The zero-order valence-electron chi connectivity index (χ0n) is 31.8. The predicted octanol–water partition coefficient (Wildman–Crippen LogP) is 9.45. The third-order valence-electron chi connectivity index (χ3n) is 8.69. The lowest BCUT2D eigenvalue weighted by Gasteiger charge is -2.50. The Morgan fingerprint density at radius 1 is 0.880 bits per heavy atom. The first kappa shape index (κ1) is 41.2. The molecule has 3 rings (SSSR count). The molecule has 0 spiro atoms. The van der Waals surface area contributed by atoms with Crippen LogP contribution >= 0.6 is 7.37 Å². The highest BCUT2D eigenvalue weighted by Crippen LogP contribution is 2.67. The van der Waals surface area contributed by atoms with Crippen LogP contribution in [0.2, 0.25) is 0 Å². The van der Waals surface area contributed by atoms with Crippen LogP contribution in [0, 0.1) is 5.41 Å². The minimum atomic E-state index is -3.80. The fourth-order valence-electron chi connectivity index (χ4n) is 7.07. The van der Waals surface area contributed by atoms with Crippen molar-refractivity contribution in [1.29, 1.82) is 0 Å². The van der Waals surface area contributed by atoms with Crippen LogP contribution in [0.4, 0.5) is 9.59 Å². The quantitative estimate of drug-likeness (QED) is 0.179.